The Morgan fingerprint density at radius 2 is 1.74 bits per heavy atom. The van der Waals surface area contributed by atoms with Crippen molar-refractivity contribution in [2.75, 3.05) is 20.8 Å². The van der Waals surface area contributed by atoms with E-state index in [1.54, 1.807) is 26.4 Å². The van der Waals surface area contributed by atoms with Gasteiger partial charge in [-0.25, -0.2) is 0 Å². The van der Waals surface area contributed by atoms with Gasteiger partial charge >= 0.3 is 0 Å². The van der Waals surface area contributed by atoms with Crippen LogP contribution in [0.3, 0.4) is 0 Å². The van der Waals surface area contributed by atoms with Crippen molar-refractivity contribution < 1.29 is 14.3 Å². The molecule has 0 aliphatic carbocycles. The highest BCUT2D eigenvalue weighted by molar-refractivity contribution is 14.1. The van der Waals surface area contributed by atoms with Crippen molar-refractivity contribution in [3.05, 3.63) is 56.1 Å². The molecule has 23 heavy (non-hydrogen) atoms. The zero-order chi connectivity index (χ0) is 16.8. The number of amides is 1. The van der Waals surface area contributed by atoms with E-state index in [0.717, 1.165) is 15.6 Å². The molecule has 0 aromatic heterocycles. The third-order valence-corrected chi connectivity index (χ3v) is 4.47. The van der Waals surface area contributed by atoms with Crippen molar-refractivity contribution in [2.24, 2.45) is 0 Å². The lowest BCUT2D eigenvalue weighted by molar-refractivity contribution is 0.0953. The molecular weight excluding hydrogens is 429 g/mol. The second-order valence-electron chi connectivity index (χ2n) is 4.82. The van der Waals surface area contributed by atoms with Crippen LogP contribution in [0.25, 0.3) is 0 Å². The van der Waals surface area contributed by atoms with Crippen LogP contribution in [-0.4, -0.2) is 26.7 Å². The molecular formula is C17H17ClINO3. The van der Waals surface area contributed by atoms with Gasteiger partial charge in [0.2, 0.25) is 0 Å². The highest BCUT2D eigenvalue weighted by atomic mass is 127. The molecule has 1 N–H and O–H groups in total. The molecule has 0 atom stereocenters. The SMILES string of the molecule is COc1cc(I)c(C(=O)NCCc2ccc(Cl)cc2)cc1OC. The van der Waals surface area contributed by atoms with E-state index < -0.39 is 0 Å². The molecule has 0 fully saturated rings. The highest BCUT2D eigenvalue weighted by Gasteiger charge is 2.15. The first-order valence-electron chi connectivity index (χ1n) is 6.99. The molecule has 2 aromatic carbocycles. The number of nitrogens with one attached hydrogen (secondary N) is 1. The number of methoxy groups -OCH3 is 2. The molecule has 0 bridgehead atoms. The Balaban J connectivity index is 2.01. The van der Waals surface area contributed by atoms with Gasteiger partial charge in [0.15, 0.2) is 11.5 Å². The van der Waals surface area contributed by atoms with Gasteiger partial charge < -0.3 is 14.8 Å². The van der Waals surface area contributed by atoms with Gasteiger partial charge in [0, 0.05) is 15.1 Å². The topological polar surface area (TPSA) is 47.6 Å². The lowest BCUT2D eigenvalue weighted by Crippen LogP contribution is -2.26. The van der Waals surface area contributed by atoms with E-state index in [0.29, 0.717) is 28.6 Å². The van der Waals surface area contributed by atoms with Crippen molar-refractivity contribution in [2.45, 2.75) is 6.42 Å². The molecule has 0 saturated carbocycles. The number of halogens is 2. The molecule has 0 unspecified atom stereocenters. The third kappa shape index (κ3) is 4.75. The summed E-state index contributed by atoms with van der Waals surface area (Å²) in [5, 5.41) is 3.62. The predicted molar refractivity (Wildman–Crippen MR) is 99.8 cm³/mol. The molecule has 4 nitrogen and oxygen atoms in total. The molecule has 0 aliphatic rings. The van der Waals surface area contributed by atoms with Crippen LogP contribution in [0.5, 0.6) is 11.5 Å². The van der Waals surface area contributed by atoms with Gasteiger partial charge in [-0.3, -0.25) is 4.79 Å². The Labute approximate surface area is 154 Å². The summed E-state index contributed by atoms with van der Waals surface area (Å²) >= 11 is 7.97. The monoisotopic (exact) mass is 445 g/mol. The van der Waals surface area contributed by atoms with E-state index in [4.69, 9.17) is 21.1 Å². The van der Waals surface area contributed by atoms with Crippen LogP contribution < -0.4 is 14.8 Å². The van der Waals surface area contributed by atoms with Crippen LogP contribution in [0.1, 0.15) is 15.9 Å². The third-order valence-electron chi connectivity index (χ3n) is 3.33. The van der Waals surface area contributed by atoms with Crippen LogP contribution in [0.15, 0.2) is 36.4 Å². The van der Waals surface area contributed by atoms with Crippen LogP contribution in [-0.2, 0) is 6.42 Å². The molecule has 1 amide bonds. The number of carbonyl (C=O) groups is 1. The molecule has 2 aromatic rings. The molecule has 122 valence electrons. The van der Waals surface area contributed by atoms with Crippen molar-refractivity contribution in [1.29, 1.82) is 0 Å². The molecule has 2 rings (SSSR count). The lowest BCUT2D eigenvalue weighted by atomic mass is 10.1. The van der Waals surface area contributed by atoms with Gasteiger partial charge in [0.05, 0.1) is 19.8 Å². The summed E-state index contributed by atoms with van der Waals surface area (Å²) in [6.07, 6.45) is 0.743. The number of hydrogen-bond donors (Lipinski definition) is 1. The van der Waals surface area contributed by atoms with E-state index in [1.165, 1.54) is 0 Å². The van der Waals surface area contributed by atoms with Crippen LogP contribution in [0, 0.1) is 3.57 Å². The molecule has 0 saturated heterocycles. The minimum Gasteiger partial charge on any atom is -0.493 e. The van der Waals surface area contributed by atoms with E-state index >= 15 is 0 Å². The quantitative estimate of drug-likeness (QED) is 0.685. The van der Waals surface area contributed by atoms with E-state index in [1.807, 2.05) is 24.3 Å². The summed E-state index contributed by atoms with van der Waals surface area (Å²) in [6, 6.07) is 11.1. The average Bonchev–Trinajstić information content (AvgIpc) is 2.56. The zero-order valence-corrected chi connectivity index (χ0v) is 15.8. The average molecular weight is 446 g/mol. The highest BCUT2D eigenvalue weighted by Crippen LogP contribution is 2.31. The largest absolute Gasteiger partial charge is 0.493 e. The smallest absolute Gasteiger partial charge is 0.252 e. The summed E-state index contributed by atoms with van der Waals surface area (Å²) < 4.78 is 11.3. The molecule has 0 radical (unpaired) electrons. The minimum atomic E-state index is -0.135. The summed E-state index contributed by atoms with van der Waals surface area (Å²) in [5.41, 5.74) is 1.69. The minimum absolute atomic E-state index is 0.135. The maximum Gasteiger partial charge on any atom is 0.252 e. The predicted octanol–water partition coefficient (Wildman–Crippen LogP) is 3.93. The fourth-order valence-electron chi connectivity index (χ4n) is 2.09. The number of rotatable bonds is 6. The molecule has 0 heterocycles. The Bertz CT molecular complexity index is 689. The Kier molecular flexibility index (Phi) is 6.53. The summed E-state index contributed by atoms with van der Waals surface area (Å²) in [4.78, 5) is 12.3. The van der Waals surface area contributed by atoms with E-state index in [2.05, 4.69) is 27.9 Å². The van der Waals surface area contributed by atoms with Gasteiger partial charge in [0.25, 0.3) is 5.91 Å². The zero-order valence-electron chi connectivity index (χ0n) is 12.9. The second-order valence-corrected chi connectivity index (χ2v) is 6.42. The fraction of sp³-hybridized carbons (Fsp3) is 0.235. The number of ether oxygens (including phenoxy) is 2. The maximum atomic E-state index is 12.3. The standard InChI is InChI=1S/C17H17ClINO3/c1-22-15-9-13(14(19)10-16(15)23-2)17(21)20-8-7-11-3-5-12(18)6-4-11/h3-6,9-10H,7-8H2,1-2H3,(H,20,21). The van der Waals surface area contributed by atoms with E-state index in [-0.39, 0.29) is 5.91 Å². The van der Waals surface area contributed by atoms with Gasteiger partial charge in [0.1, 0.15) is 0 Å². The first kappa shape index (κ1) is 17.9. The van der Waals surface area contributed by atoms with Gasteiger partial charge in [-0.15, -0.1) is 0 Å². The normalized spacial score (nSPS) is 10.3. The van der Waals surface area contributed by atoms with Crippen LogP contribution in [0.2, 0.25) is 5.02 Å². The Morgan fingerprint density at radius 3 is 2.35 bits per heavy atom. The van der Waals surface area contributed by atoms with Crippen LogP contribution in [0.4, 0.5) is 0 Å². The summed E-state index contributed by atoms with van der Waals surface area (Å²) in [6.45, 7) is 0.547. The lowest BCUT2D eigenvalue weighted by Gasteiger charge is -2.12. The molecule has 0 spiro atoms. The van der Waals surface area contributed by atoms with Gasteiger partial charge in [-0.05, 0) is 58.8 Å². The van der Waals surface area contributed by atoms with Crippen molar-refractivity contribution in [1.82, 2.24) is 5.32 Å². The molecule has 6 heteroatoms. The Hall–Kier alpha value is -1.47. The summed E-state index contributed by atoms with van der Waals surface area (Å²) in [7, 11) is 3.12. The number of benzene rings is 2. The van der Waals surface area contributed by atoms with Crippen molar-refractivity contribution >= 4 is 40.1 Å². The fourth-order valence-corrected chi connectivity index (χ4v) is 2.90. The van der Waals surface area contributed by atoms with Crippen molar-refractivity contribution in [3.8, 4) is 11.5 Å². The van der Waals surface area contributed by atoms with Gasteiger partial charge in [-0.1, -0.05) is 23.7 Å². The number of hydrogen-bond acceptors (Lipinski definition) is 3. The second kappa shape index (κ2) is 8.40. The summed E-state index contributed by atoms with van der Waals surface area (Å²) in [5.74, 6) is 1.01. The molecule has 0 aliphatic heterocycles. The maximum absolute atomic E-state index is 12.3. The van der Waals surface area contributed by atoms with E-state index in [9.17, 15) is 4.79 Å². The Morgan fingerprint density at radius 1 is 1.13 bits per heavy atom. The van der Waals surface area contributed by atoms with Crippen LogP contribution >= 0.6 is 34.2 Å². The number of carbonyl (C=O) groups excluding carboxylic acids is 1. The van der Waals surface area contributed by atoms with Crippen molar-refractivity contribution in [3.63, 3.8) is 0 Å². The van der Waals surface area contributed by atoms with Gasteiger partial charge in [-0.2, -0.15) is 0 Å². The first-order valence-corrected chi connectivity index (χ1v) is 8.45. The first-order chi connectivity index (χ1) is 11.0.